The number of aryl methyl sites for hydroxylation is 3. The van der Waals surface area contributed by atoms with Crippen molar-refractivity contribution in [2.75, 3.05) is 13.2 Å². The van der Waals surface area contributed by atoms with Gasteiger partial charge in [-0.25, -0.2) is 4.98 Å². The van der Waals surface area contributed by atoms with Gasteiger partial charge in [0.05, 0.1) is 5.69 Å². The van der Waals surface area contributed by atoms with E-state index in [2.05, 4.69) is 10.3 Å². The van der Waals surface area contributed by atoms with E-state index in [0.717, 1.165) is 17.0 Å². The van der Waals surface area contributed by atoms with E-state index in [0.29, 0.717) is 24.6 Å². The molecule has 0 saturated heterocycles. The molecule has 5 nitrogen and oxygen atoms in total. The van der Waals surface area contributed by atoms with Crippen LogP contribution in [0.15, 0.2) is 28.7 Å². The number of rotatable bonds is 6. The van der Waals surface area contributed by atoms with Crippen molar-refractivity contribution in [2.24, 2.45) is 0 Å². The van der Waals surface area contributed by atoms with Crippen LogP contribution in [0, 0.1) is 20.8 Å². The Morgan fingerprint density at radius 1 is 1.33 bits per heavy atom. The number of benzene rings is 1. The highest BCUT2D eigenvalue weighted by molar-refractivity contribution is 5.77. The van der Waals surface area contributed by atoms with Crippen LogP contribution in [-0.4, -0.2) is 24.0 Å². The summed E-state index contributed by atoms with van der Waals surface area (Å²) in [6.07, 6.45) is 0.628. The van der Waals surface area contributed by atoms with Gasteiger partial charge in [-0.2, -0.15) is 0 Å². The molecule has 112 valence electrons. The third-order valence-electron chi connectivity index (χ3n) is 3.03. The molecule has 1 amide bonds. The number of hydrogen-bond donors (Lipinski definition) is 1. The summed E-state index contributed by atoms with van der Waals surface area (Å²) in [5.41, 5.74) is 1.97. The molecule has 1 heterocycles. The Bertz CT molecular complexity index is 620. The first-order chi connectivity index (χ1) is 10.0. The fourth-order valence-corrected chi connectivity index (χ4v) is 2.03. The third kappa shape index (κ3) is 4.63. The molecule has 0 atom stereocenters. The number of carbonyl (C=O) groups excluding carboxylic acids is 1. The zero-order chi connectivity index (χ0) is 15.2. The molecule has 5 heteroatoms. The molecule has 0 saturated carbocycles. The molecule has 0 fully saturated rings. The van der Waals surface area contributed by atoms with E-state index >= 15 is 0 Å². The van der Waals surface area contributed by atoms with Gasteiger partial charge < -0.3 is 14.5 Å². The van der Waals surface area contributed by atoms with E-state index in [4.69, 9.17) is 9.15 Å². The number of amides is 1. The van der Waals surface area contributed by atoms with Crippen LogP contribution in [0.25, 0.3) is 0 Å². The van der Waals surface area contributed by atoms with E-state index < -0.39 is 0 Å². The Balaban J connectivity index is 1.71. The third-order valence-corrected chi connectivity index (χ3v) is 3.03. The van der Waals surface area contributed by atoms with E-state index in [1.165, 1.54) is 0 Å². The Morgan fingerprint density at radius 3 is 2.81 bits per heavy atom. The van der Waals surface area contributed by atoms with Gasteiger partial charge in [0.1, 0.15) is 11.5 Å². The summed E-state index contributed by atoms with van der Waals surface area (Å²) in [7, 11) is 0. The summed E-state index contributed by atoms with van der Waals surface area (Å²) in [4.78, 5) is 15.9. The molecule has 2 aromatic rings. The van der Waals surface area contributed by atoms with Crippen molar-refractivity contribution < 1.29 is 13.9 Å². The normalized spacial score (nSPS) is 10.4. The minimum absolute atomic E-state index is 0.0118. The quantitative estimate of drug-likeness (QED) is 0.886. The zero-order valence-electron chi connectivity index (χ0n) is 12.6. The molecule has 0 spiro atoms. The highest BCUT2D eigenvalue weighted by Crippen LogP contribution is 2.12. The molecule has 1 aromatic heterocycles. The molecule has 1 aromatic carbocycles. The molecule has 0 radical (unpaired) electrons. The molecule has 1 N–H and O–H groups in total. The number of aromatic nitrogens is 1. The lowest BCUT2D eigenvalue weighted by molar-refractivity contribution is -0.123. The first-order valence-electron chi connectivity index (χ1n) is 6.93. The Kier molecular flexibility index (Phi) is 4.98. The minimum Gasteiger partial charge on any atom is -0.484 e. The van der Waals surface area contributed by atoms with Crippen molar-refractivity contribution in [2.45, 2.75) is 27.2 Å². The van der Waals surface area contributed by atoms with Crippen molar-refractivity contribution in [3.05, 3.63) is 47.2 Å². The molecule has 0 aliphatic rings. The lowest BCUT2D eigenvalue weighted by atomic mass is 10.2. The molecule has 0 aliphatic heterocycles. The van der Waals surface area contributed by atoms with Crippen LogP contribution in [0.3, 0.4) is 0 Å². The number of oxazole rings is 1. The first kappa shape index (κ1) is 15.1. The fraction of sp³-hybridized carbons (Fsp3) is 0.375. The molecule has 21 heavy (non-hydrogen) atoms. The van der Waals surface area contributed by atoms with Crippen LogP contribution in [-0.2, 0) is 11.2 Å². The molecule has 0 bridgehead atoms. The molecule has 0 aliphatic carbocycles. The second-order valence-corrected chi connectivity index (χ2v) is 4.95. The second kappa shape index (κ2) is 6.92. The van der Waals surface area contributed by atoms with Crippen molar-refractivity contribution in [1.82, 2.24) is 10.3 Å². The van der Waals surface area contributed by atoms with Gasteiger partial charge in [-0.1, -0.05) is 12.1 Å². The Hall–Kier alpha value is -2.30. The number of carbonyl (C=O) groups is 1. The van der Waals surface area contributed by atoms with Crippen molar-refractivity contribution in [1.29, 1.82) is 0 Å². The largest absolute Gasteiger partial charge is 0.484 e. The summed E-state index contributed by atoms with van der Waals surface area (Å²) in [6.45, 7) is 6.21. The van der Waals surface area contributed by atoms with E-state index in [-0.39, 0.29) is 12.5 Å². The van der Waals surface area contributed by atoms with Gasteiger partial charge in [0.25, 0.3) is 5.91 Å². The second-order valence-electron chi connectivity index (χ2n) is 4.95. The number of nitrogens with one attached hydrogen (secondary N) is 1. The van der Waals surface area contributed by atoms with Gasteiger partial charge in [-0.3, -0.25) is 4.79 Å². The maximum absolute atomic E-state index is 11.7. The van der Waals surface area contributed by atoms with Crippen LogP contribution >= 0.6 is 0 Å². The van der Waals surface area contributed by atoms with Gasteiger partial charge in [-0.15, -0.1) is 0 Å². The van der Waals surface area contributed by atoms with Crippen molar-refractivity contribution in [3.8, 4) is 5.75 Å². The molecule has 0 unspecified atom stereocenters. The lowest BCUT2D eigenvalue weighted by Gasteiger charge is -2.07. The number of nitrogens with zero attached hydrogens (tertiary/aromatic N) is 1. The van der Waals surface area contributed by atoms with E-state index in [1.54, 1.807) is 0 Å². The summed E-state index contributed by atoms with van der Waals surface area (Å²) >= 11 is 0. The summed E-state index contributed by atoms with van der Waals surface area (Å²) in [5, 5.41) is 2.80. The number of hydrogen-bond acceptors (Lipinski definition) is 4. The molecular formula is C16H20N2O3. The standard InChI is InChI=1S/C16H20N2O3/c1-11-5-4-6-14(9-11)20-10-16(19)17-8-7-15-12(2)18-13(3)21-15/h4-6,9H,7-8,10H2,1-3H3,(H,17,19). The Morgan fingerprint density at radius 2 is 2.14 bits per heavy atom. The molecular weight excluding hydrogens is 268 g/mol. The van der Waals surface area contributed by atoms with E-state index in [1.807, 2.05) is 45.0 Å². The van der Waals surface area contributed by atoms with Crippen LogP contribution < -0.4 is 10.1 Å². The van der Waals surface area contributed by atoms with Gasteiger partial charge in [0.2, 0.25) is 0 Å². The maximum Gasteiger partial charge on any atom is 0.257 e. The fourth-order valence-electron chi connectivity index (χ4n) is 2.03. The topological polar surface area (TPSA) is 64.4 Å². The van der Waals surface area contributed by atoms with Gasteiger partial charge in [0.15, 0.2) is 12.5 Å². The van der Waals surface area contributed by atoms with Crippen molar-refractivity contribution >= 4 is 5.91 Å². The maximum atomic E-state index is 11.7. The van der Waals surface area contributed by atoms with Crippen LogP contribution in [0.4, 0.5) is 0 Å². The predicted octanol–water partition coefficient (Wildman–Crippen LogP) is 2.34. The average Bonchev–Trinajstić information content (AvgIpc) is 2.75. The zero-order valence-corrected chi connectivity index (χ0v) is 12.6. The molecule has 2 rings (SSSR count). The summed E-state index contributed by atoms with van der Waals surface area (Å²) < 4.78 is 10.9. The van der Waals surface area contributed by atoms with Gasteiger partial charge in [-0.05, 0) is 31.5 Å². The monoisotopic (exact) mass is 288 g/mol. The Labute approximate surface area is 124 Å². The first-order valence-corrected chi connectivity index (χ1v) is 6.93. The van der Waals surface area contributed by atoms with Crippen LogP contribution in [0.1, 0.15) is 22.9 Å². The number of ether oxygens (including phenoxy) is 1. The summed E-state index contributed by atoms with van der Waals surface area (Å²) in [6, 6.07) is 7.61. The highest BCUT2D eigenvalue weighted by Gasteiger charge is 2.08. The predicted molar refractivity (Wildman–Crippen MR) is 79.4 cm³/mol. The van der Waals surface area contributed by atoms with Crippen LogP contribution in [0.2, 0.25) is 0 Å². The smallest absolute Gasteiger partial charge is 0.257 e. The van der Waals surface area contributed by atoms with Crippen molar-refractivity contribution in [3.63, 3.8) is 0 Å². The SMILES string of the molecule is Cc1cccc(OCC(=O)NCCc2oc(C)nc2C)c1. The highest BCUT2D eigenvalue weighted by atomic mass is 16.5. The van der Waals surface area contributed by atoms with Gasteiger partial charge >= 0.3 is 0 Å². The van der Waals surface area contributed by atoms with Crippen LogP contribution in [0.5, 0.6) is 5.75 Å². The lowest BCUT2D eigenvalue weighted by Crippen LogP contribution is -2.30. The van der Waals surface area contributed by atoms with Gasteiger partial charge in [0, 0.05) is 19.9 Å². The van der Waals surface area contributed by atoms with E-state index in [9.17, 15) is 4.79 Å². The minimum atomic E-state index is -0.148. The average molecular weight is 288 g/mol. The summed E-state index contributed by atoms with van der Waals surface area (Å²) in [5.74, 6) is 2.02.